The van der Waals surface area contributed by atoms with Crippen LogP contribution in [-0.4, -0.2) is 31.0 Å². The van der Waals surface area contributed by atoms with Gasteiger partial charge in [0, 0.05) is 6.08 Å². The van der Waals surface area contributed by atoms with Gasteiger partial charge in [0.05, 0.1) is 39.1 Å². The van der Waals surface area contributed by atoms with E-state index in [9.17, 15) is 0 Å². The summed E-state index contributed by atoms with van der Waals surface area (Å²) in [5.74, 6) is 0.554. The molecule has 6 heteroatoms. The second-order valence-corrected chi connectivity index (χ2v) is 10.5. The average Bonchev–Trinajstić information content (AvgIpc) is 3.08. The molecule has 5 rings (SSSR count). The summed E-state index contributed by atoms with van der Waals surface area (Å²) in [5.41, 5.74) is 4.17. The van der Waals surface area contributed by atoms with Crippen LogP contribution in [0.5, 0.6) is 0 Å². The number of ether oxygens (including phenoxy) is 5. The first-order chi connectivity index (χ1) is 21.8. The topological polar surface area (TPSA) is 69.9 Å². The molecule has 0 radical (unpaired) electrons. The van der Waals surface area contributed by atoms with Gasteiger partial charge in [-0.15, -0.1) is 0 Å². The van der Waals surface area contributed by atoms with Crippen LogP contribution in [0.1, 0.15) is 22.3 Å². The third-order valence-electron chi connectivity index (χ3n) is 7.22. The number of nitriles is 1. The van der Waals surface area contributed by atoms with Crippen molar-refractivity contribution in [1.29, 1.82) is 5.26 Å². The molecule has 4 aromatic rings. The van der Waals surface area contributed by atoms with Crippen molar-refractivity contribution in [3.8, 4) is 6.07 Å². The Labute approximate surface area is 259 Å². The van der Waals surface area contributed by atoms with Gasteiger partial charge in [-0.1, -0.05) is 121 Å². The number of hydrogen-bond acceptors (Lipinski definition) is 6. The monoisotopic (exact) mass is 587 g/mol. The van der Waals surface area contributed by atoms with Crippen molar-refractivity contribution in [2.75, 3.05) is 6.61 Å². The normalized spacial score (nSPS) is 20.8. The quantitative estimate of drug-likeness (QED) is 0.144. The van der Waals surface area contributed by atoms with Crippen molar-refractivity contribution in [2.24, 2.45) is 0 Å². The fourth-order valence-electron chi connectivity index (χ4n) is 5.03. The maximum Gasteiger partial charge on any atom is 0.150 e. The van der Waals surface area contributed by atoms with Crippen molar-refractivity contribution < 1.29 is 23.7 Å². The first kappa shape index (κ1) is 30.9. The van der Waals surface area contributed by atoms with Crippen LogP contribution < -0.4 is 0 Å². The number of rotatable bonds is 14. The lowest BCUT2D eigenvalue weighted by Crippen LogP contribution is -2.56. The lowest BCUT2D eigenvalue weighted by molar-refractivity contribution is -0.223. The molecule has 0 amide bonds. The van der Waals surface area contributed by atoms with E-state index in [1.165, 1.54) is 6.08 Å². The highest BCUT2D eigenvalue weighted by atomic mass is 16.6. The van der Waals surface area contributed by atoms with E-state index in [-0.39, 0.29) is 6.61 Å². The van der Waals surface area contributed by atoms with Crippen LogP contribution >= 0.6 is 0 Å². The fourth-order valence-corrected chi connectivity index (χ4v) is 5.03. The molecular weight excluding hydrogens is 550 g/mol. The van der Waals surface area contributed by atoms with Crippen molar-refractivity contribution in [3.05, 3.63) is 168 Å². The molecule has 0 unspecified atom stereocenters. The molecule has 0 aliphatic carbocycles. The summed E-state index contributed by atoms with van der Waals surface area (Å²) in [7, 11) is 0. The molecule has 44 heavy (non-hydrogen) atoms. The lowest BCUT2D eigenvalue weighted by atomic mass is 9.96. The zero-order valence-electron chi connectivity index (χ0n) is 24.6. The highest BCUT2D eigenvalue weighted by Crippen LogP contribution is 2.33. The van der Waals surface area contributed by atoms with Crippen molar-refractivity contribution in [2.45, 2.75) is 50.8 Å². The lowest BCUT2D eigenvalue weighted by Gasteiger charge is -2.43. The second kappa shape index (κ2) is 17.0. The van der Waals surface area contributed by atoms with E-state index < -0.39 is 24.4 Å². The van der Waals surface area contributed by atoms with Crippen LogP contribution in [0.3, 0.4) is 0 Å². The molecule has 0 bridgehead atoms. The average molecular weight is 588 g/mol. The number of benzene rings is 4. The van der Waals surface area contributed by atoms with Crippen LogP contribution in [0.25, 0.3) is 0 Å². The summed E-state index contributed by atoms with van der Waals surface area (Å²) < 4.78 is 32.7. The van der Waals surface area contributed by atoms with Gasteiger partial charge in [-0.2, -0.15) is 5.26 Å². The molecule has 0 saturated carbocycles. The third kappa shape index (κ3) is 9.24. The molecule has 1 saturated heterocycles. The molecule has 1 aliphatic rings. The Kier molecular flexibility index (Phi) is 11.9. The summed E-state index contributed by atoms with van der Waals surface area (Å²) in [5, 5.41) is 9.17. The maximum absolute atomic E-state index is 9.17. The van der Waals surface area contributed by atoms with Gasteiger partial charge in [-0.3, -0.25) is 0 Å². The second-order valence-electron chi connectivity index (χ2n) is 10.5. The van der Waals surface area contributed by atoms with E-state index in [1.54, 1.807) is 12.2 Å². The minimum atomic E-state index is -0.603. The largest absolute Gasteiger partial charge is 0.487 e. The van der Waals surface area contributed by atoms with Gasteiger partial charge in [0.25, 0.3) is 0 Å². The molecule has 1 heterocycles. The predicted octanol–water partition coefficient (Wildman–Crippen LogP) is 7.32. The summed E-state index contributed by atoms with van der Waals surface area (Å²) >= 11 is 0. The van der Waals surface area contributed by atoms with Crippen molar-refractivity contribution >= 4 is 0 Å². The van der Waals surface area contributed by atoms with Crippen LogP contribution in [0, 0.1) is 11.3 Å². The zero-order valence-corrected chi connectivity index (χ0v) is 24.6. The van der Waals surface area contributed by atoms with Gasteiger partial charge >= 0.3 is 0 Å². The van der Waals surface area contributed by atoms with E-state index in [2.05, 4.69) is 0 Å². The number of nitrogens with zero attached hydrogens (tertiary/aromatic N) is 1. The molecule has 4 aromatic carbocycles. The Morgan fingerprint density at radius 1 is 0.591 bits per heavy atom. The highest BCUT2D eigenvalue weighted by Gasteiger charge is 2.46. The van der Waals surface area contributed by atoms with Crippen LogP contribution in [-0.2, 0) is 50.1 Å². The summed E-state index contributed by atoms with van der Waals surface area (Å²) in [4.78, 5) is 0. The van der Waals surface area contributed by atoms with E-state index >= 15 is 0 Å². The Morgan fingerprint density at radius 3 is 1.55 bits per heavy atom. The summed E-state index contributed by atoms with van der Waals surface area (Å²) in [6.07, 6.45) is 2.68. The molecule has 0 N–H and O–H groups in total. The Balaban J connectivity index is 1.45. The van der Waals surface area contributed by atoms with Crippen molar-refractivity contribution in [1.82, 2.24) is 0 Å². The smallest absolute Gasteiger partial charge is 0.150 e. The highest BCUT2D eigenvalue weighted by molar-refractivity contribution is 5.22. The molecule has 6 nitrogen and oxygen atoms in total. The van der Waals surface area contributed by atoms with Crippen LogP contribution in [0.2, 0.25) is 0 Å². The van der Waals surface area contributed by atoms with Gasteiger partial charge in [0.1, 0.15) is 24.1 Å². The van der Waals surface area contributed by atoms with Crippen molar-refractivity contribution in [3.63, 3.8) is 0 Å². The molecule has 224 valence electrons. The molecule has 1 fully saturated rings. The molecule has 0 spiro atoms. The molecule has 1 aliphatic heterocycles. The van der Waals surface area contributed by atoms with Gasteiger partial charge < -0.3 is 23.7 Å². The van der Waals surface area contributed by atoms with E-state index in [0.29, 0.717) is 32.2 Å². The minimum Gasteiger partial charge on any atom is -0.487 e. The summed E-state index contributed by atoms with van der Waals surface area (Å²) in [6, 6.07) is 42.1. The fraction of sp³-hybridized carbons (Fsp3) is 0.237. The zero-order chi connectivity index (χ0) is 30.2. The van der Waals surface area contributed by atoms with E-state index in [4.69, 9.17) is 28.9 Å². The molecule has 4 atom stereocenters. The summed E-state index contributed by atoms with van der Waals surface area (Å²) in [6.45, 7) is 1.78. The molecular formula is C38H37NO5. The van der Waals surface area contributed by atoms with Crippen LogP contribution in [0.4, 0.5) is 0 Å². The Bertz CT molecular complexity index is 1490. The van der Waals surface area contributed by atoms with E-state index in [1.807, 2.05) is 127 Å². The predicted molar refractivity (Wildman–Crippen MR) is 169 cm³/mol. The van der Waals surface area contributed by atoms with Gasteiger partial charge in [0.2, 0.25) is 0 Å². The number of allylic oxidation sites excluding steroid dienone is 3. The number of hydrogen-bond donors (Lipinski definition) is 0. The first-order valence-electron chi connectivity index (χ1n) is 14.8. The first-order valence-corrected chi connectivity index (χ1v) is 14.8. The van der Waals surface area contributed by atoms with E-state index in [0.717, 1.165) is 22.3 Å². The molecule has 0 aromatic heterocycles. The van der Waals surface area contributed by atoms with Gasteiger partial charge in [-0.25, -0.2) is 0 Å². The van der Waals surface area contributed by atoms with Gasteiger partial charge in [0.15, 0.2) is 6.10 Å². The van der Waals surface area contributed by atoms with Crippen LogP contribution in [0.15, 0.2) is 145 Å². The van der Waals surface area contributed by atoms with Gasteiger partial charge in [-0.05, 0) is 34.4 Å². The standard InChI is InChI=1S/C38H37NO5/c39-24-14-13-23-34-36(41-26-31-17-7-2-8-18-31)38(43-28-33-21-11-4-12-22-33)37(42-27-32-19-9-3-10-20-32)35(44-34)29-40-25-30-15-5-1-6-16-30/h1-23,35-38H,25-29H2/b14-13+,34-23+/t35-,36+,37-,38-/m1/s1. The Hall–Kier alpha value is -4.51. The SMILES string of the molecule is N#C/C=C/C=C1/O[C@H](COCc2ccccc2)[C@@H](OCc2ccccc2)[C@H](OCc2ccccc2)[C@H]1OCc1ccccc1. The maximum atomic E-state index is 9.17. The minimum absolute atomic E-state index is 0.268. The third-order valence-corrected chi connectivity index (χ3v) is 7.22. The Morgan fingerprint density at radius 2 is 1.05 bits per heavy atom.